The molecule has 176 valence electrons. The Morgan fingerprint density at radius 3 is 2.63 bits per heavy atom. The molecule has 0 aliphatic carbocycles. The number of Topliss-reactive ketones (excluding diaryl/α,β-unsaturated/α-hetero) is 1. The minimum Gasteiger partial charge on any atom is -0.461 e. The van der Waals surface area contributed by atoms with Gasteiger partial charge in [0, 0.05) is 23.0 Å². The van der Waals surface area contributed by atoms with Crippen LogP contribution in [0.3, 0.4) is 0 Å². The van der Waals surface area contributed by atoms with Crippen LogP contribution in [0.5, 0.6) is 0 Å². The average molecular weight is 468 g/mol. The van der Waals surface area contributed by atoms with Crippen molar-refractivity contribution in [3.05, 3.63) is 83.3 Å². The number of anilines is 2. The molecule has 5 heterocycles. The molecule has 0 bridgehead atoms. The third-order valence-corrected chi connectivity index (χ3v) is 8.62. The Kier molecular flexibility index (Phi) is 4.08. The summed E-state index contributed by atoms with van der Waals surface area (Å²) < 4.78 is 5.57. The van der Waals surface area contributed by atoms with Crippen molar-refractivity contribution in [1.29, 1.82) is 0 Å². The van der Waals surface area contributed by atoms with Crippen molar-refractivity contribution in [1.82, 2.24) is 4.90 Å². The molecule has 0 unspecified atom stereocenters. The highest BCUT2D eigenvalue weighted by Gasteiger charge is 2.81. The van der Waals surface area contributed by atoms with E-state index in [0.717, 1.165) is 30.4 Å². The highest BCUT2D eigenvalue weighted by molar-refractivity contribution is 6.20. The number of para-hydroxylation sites is 1. The lowest BCUT2D eigenvalue weighted by atomic mass is 9.57. The van der Waals surface area contributed by atoms with Crippen LogP contribution in [-0.4, -0.2) is 35.1 Å². The summed E-state index contributed by atoms with van der Waals surface area (Å²) in [5, 5.41) is 6.15. The zero-order chi connectivity index (χ0) is 23.9. The van der Waals surface area contributed by atoms with Gasteiger partial charge in [0.1, 0.15) is 11.0 Å². The molecule has 2 fully saturated rings. The number of carbonyl (C=O) groups excluding carboxylic acids is 3. The maximum Gasteiger partial charge on any atom is 0.251 e. The lowest BCUT2D eigenvalue weighted by Crippen LogP contribution is -2.62. The number of fused-ring (bicyclic) bond motifs is 7. The first kappa shape index (κ1) is 20.6. The molecule has 35 heavy (non-hydrogen) atoms. The van der Waals surface area contributed by atoms with Gasteiger partial charge < -0.3 is 15.1 Å². The summed E-state index contributed by atoms with van der Waals surface area (Å²) in [5.74, 6) is -1.33. The van der Waals surface area contributed by atoms with Gasteiger partial charge in [-0.2, -0.15) is 0 Å². The van der Waals surface area contributed by atoms with Crippen LogP contribution in [0.4, 0.5) is 11.4 Å². The van der Waals surface area contributed by atoms with Gasteiger partial charge in [0.25, 0.3) is 5.91 Å². The maximum absolute atomic E-state index is 14.3. The lowest BCUT2D eigenvalue weighted by Gasteiger charge is -2.43. The van der Waals surface area contributed by atoms with Crippen molar-refractivity contribution in [3.63, 3.8) is 0 Å². The fourth-order valence-electron chi connectivity index (χ4n) is 7.42. The molecule has 1 aromatic heterocycles. The van der Waals surface area contributed by atoms with E-state index in [1.165, 1.54) is 6.26 Å². The van der Waals surface area contributed by atoms with Crippen molar-refractivity contribution in [2.45, 2.75) is 43.2 Å². The third-order valence-electron chi connectivity index (χ3n) is 8.62. The zero-order valence-corrected chi connectivity index (χ0v) is 19.3. The van der Waals surface area contributed by atoms with Crippen molar-refractivity contribution in [2.24, 2.45) is 5.92 Å². The summed E-state index contributed by atoms with van der Waals surface area (Å²) in [7, 11) is 0. The van der Waals surface area contributed by atoms with Gasteiger partial charge >= 0.3 is 0 Å². The van der Waals surface area contributed by atoms with Gasteiger partial charge in [-0.05, 0) is 61.2 Å². The van der Waals surface area contributed by atoms with Gasteiger partial charge in [-0.15, -0.1) is 0 Å². The Morgan fingerprint density at radius 2 is 1.83 bits per heavy atom. The molecule has 4 aliphatic heterocycles. The first-order chi connectivity index (χ1) is 17.0. The van der Waals surface area contributed by atoms with Crippen molar-refractivity contribution in [2.75, 3.05) is 17.2 Å². The van der Waals surface area contributed by atoms with Gasteiger partial charge in [0.05, 0.1) is 12.2 Å². The Hall–Kier alpha value is -3.71. The summed E-state index contributed by atoms with van der Waals surface area (Å²) in [5.41, 5.74) is 1.17. The van der Waals surface area contributed by atoms with Crippen LogP contribution in [-0.2, 0) is 27.0 Å². The number of ketones is 1. The highest BCUT2D eigenvalue weighted by atomic mass is 16.3. The van der Waals surface area contributed by atoms with Crippen molar-refractivity contribution >= 4 is 29.0 Å². The number of hydrogen-bond donors (Lipinski definition) is 2. The predicted molar refractivity (Wildman–Crippen MR) is 129 cm³/mol. The highest BCUT2D eigenvalue weighted by Crippen LogP contribution is 2.67. The van der Waals surface area contributed by atoms with Crippen LogP contribution in [0, 0.1) is 5.92 Å². The molecule has 4 aliphatic rings. The Labute approximate surface area is 202 Å². The topological polar surface area (TPSA) is 91.7 Å². The zero-order valence-electron chi connectivity index (χ0n) is 19.3. The first-order valence-electron chi connectivity index (χ1n) is 12.3. The molecule has 3 aromatic rings. The predicted octanol–water partition coefficient (Wildman–Crippen LogP) is 3.86. The quantitative estimate of drug-likeness (QED) is 0.571. The fraction of sp³-hybridized carbons (Fsp3) is 0.321. The van der Waals surface area contributed by atoms with Gasteiger partial charge in [0.15, 0.2) is 5.76 Å². The SMILES string of the molecule is CCc1ccc2c(c1)[C@]1(C(=O)N2)N2CCC[C@@H]2[C@@H](C(=O)c2ccco2)[C@@]12C(=O)Nc1ccccc12. The molecule has 7 rings (SSSR count). The fourth-order valence-corrected chi connectivity index (χ4v) is 7.42. The number of furan rings is 1. The van der Waals surface area contributed by atoms with Gasteiger partial charge in [0.2, 0.25) is 11.7 Å². The van der Waals surface area contributed by atoms with E-state index in [2.05, 4.69) is 28.5 Å². The van der Waals surface area contributed by atoms with Crippen molar-refractivity contribution < 1.29 is 18.8 Å². The second-order valence-electron chi connectivity index (χ2n) is 9.93. The van der Waals surface area contributed by atoms with E-state index in [1.54, 1.807) is 12.1 Å². The molecule has 2 aromatic carbocycles. The van der Waals surface area contributed by atoms with Gasteiger partial charge in [-0.3, -0.25) is 19.3 Å². The second kappa shape index (κ2) is 6.92. The van der Waals surface area contributed by atoms with E-state index in [0.29, 0.717) is 23.5 Å². The number of nitrogens with zero attached hydrogens (tertiary/aromatic N) is 1. The molecule has 2 spiro atoms. The number of hydrogen-bond acceptors (Lipinski definition) is 5. The molecule has 0 radical (unpaired) electrons. The molecular weight excluding hydrogens is 442 g/mol. The third kappa shape index (κ3) is 2.23. The van der Waals surface area contributed by atoms with Crippen LogP contribution >= 0.6 is 0 Å². The molecule has 0 saturated carbocycles. The molecule has 7 heteroatoms. The number of benzene rings is 2. The van der Waals surface area contributed by atoms with Crippen LogP contribution in [0.15, 0.2) is 65.3 Å². The van der Waals surface area contributed by atoms with E-state index >= 15 is 0 Å². The van der Waals surface area contributed by atoms with E-state index < -0.39 is 16.9 Å². The minimum atomic E-state index is -1.43. The summed E-state index contributed by atoms with van der Waals surface area (Å²) in [6, 6.07) is 16.5. The van der Waals surface area contributed by atoms with Crippen LogP contribution in [0.1, 0.15) is 47.0 Å². The Morgan fingerprint density at radius 1 is 1.03 bits per heavy atom. The van der Waals surface area contributed by atoms with Crippen LogP contribution in [0.25, 0.3) is 0 Å². The average Bonchev–Trinajstić information content (AvgIpc) is 3.67. The van der Waals surface area contributed by atoms with Crippen LogP contribution in [0.2, 0.25) is 0 Å². The number of amides is 2. The molecule has 2 N–H and O–H groups in total. The number of nitrogens with one attached hydrogen (secondary N) is 2. The van der Waals surface area contributed by atoms with Gasteiger partial charge in [-0.25, -0.2) is 0 Å². The smallest absolute Gasteiger partial charge is 0.251 e. The normalized spacial score (nSPS) is 30.4. The van der Waals surface area contributed by atoms with E-state index in [1.807, 2.05) is 36.4 Å². The van der Waals surface area contributed by atoms with Crippen molar-refractivity contribution in [3.8, 4) is 0 Å². The standard InChI is InChI=1S/C28H25N3O4/c1-2-16-11-12-20-18(15-16)28(26(34)30-20)27(17-7-3-4-8-19(17)29-25(27)33)23(21-9-5-13-31(21)28)24(32)22-10-6-14-35-22/h3-4,6-8,10-12,14-15,21,23H,2,5,9,13H2,1H3,(H,29,33)(H,30,34)/t21-,23+,27+,28-/m1/s1. The molecule has 2 saturated heterocycles. The number of aryl methyl sites for hydroxylation is 1. The minimum absolute atomic E-state index is 0.219. The Bertz CT molecular complexity index is 1410. The second-order valence-corrected chi connectivity index (χ2v) is 9.93. The van der Waals surface area contributed by atoms with Gasteiger partial charge in [-0.1, -0.05) is 37.3 Å². The number of rotatable bonds is 3. The van der Waals surface area contributed by atoms with E-state index in [4.69, 9.17) is 4.42 Å². The summed E-state index contributed by atoms with van der Waals surface area (Å²) in [4.78, 5) is 45.0. The van der Waals surface area contributed by atoms with E-state index in [-0.39, 0.29) is 29.4 Å². The van der Waals surface area contributed by atoms with Crippen LogP contribution < -0.4 is 10.6 Å². The molecular formula is C28H25N3O4. The summed E-state index contributed by atoms with van der Waals surface area (Å²) in [6.45, 7) is 2.70. The monoisotopic (exact) mass is 467 g/mol. The first-order valence-corrected chi connectivity index (χ1v) is 12.3. The summed E-state index contributed by atoms with van der Waals surface area (Å²) in [6.07, 6.45) is 3.85. The number of carbonyl (C=O) groups is 3. The Balaban J connectivity index is 1.61. The largest absolute Gasteiger partial charge is 0.461 e. The molecule has 4 atom stereocenters. The summed E-state index contributed by atoms with van der Waals surface area (Å²) >= 11 is 0. The molecule has 2 amide bonds. The maximum atomic E-state index is 14.3. The lowest BCUT2D eigenvalue weighted by molar-refractivity contribution is -0.137. The molecule has 7 nitrogen and oxygen atoms in total. The van der Waals surface area contributed by atoms with E-state index in [9.17, 15) is 14.4 Å².